The van der Waals surface area contributed by atoms with E-state index in [-0.39, 0.29) is 0 Å². The van der Waals surface area contributed by atoms with Crippen LogP contribution in [0.4, 0.5) is 0 Å². The molecule has 0 fully saturated rings. The monoisotopic (exact) mass is 274 g/mol. The summed E-state index contributed by atoms with van der Waals surface area (Å²) in [5.41, 5.74) is 3.73. The second-order valence-corrected chi connectivity index (χ2v) is 5.98. The number of fused-ring (bicyclic) bond motifs is 1. The van der Waals surface area contributed by atoms with Gasteiger partial charge in [0.15, 0.2) is 0 Å². The highest BCUT2D eigenvalue weighted by Gasteiger charge is 2.11. The van der Waals surface area contributed by atoms with Crippen LogP contribution in [0.1, 0.15) is 17.2 Å². The summed E-state index contributed by atoms with van der Waals surface area (Å²) in [6.45, 7) is 0. The van der Waals surface area contributed by atoms with E-state index >= 15 is 0 Å². The molecule has 92 valence electrons. The quantitative estimate of drug-likeness (QED) is 0.781. The zero-order valence-electron chi connectivity index (χ0n) is 10.1. The molecule has 0 saturated heterocycles. The van der Waals surface area contributed by atoms with Crippen molar-refractivity contribution in [2.24, 2.45) is 0 Å². The highest BCUT2D eigenvalue weighted by atomic mass is 32.1. The van der Waals surface area contributed by atoms with Gasteiger partial charge in [-0.25, -0.2) is 0 Å². The molecule has 0 saturated carbocycles. The fourth-order valence-corrected chi connectivity index (χ4v) is 3.55. The maximum absolute atomic E-state index is 4.51. The molecule has 0 amide bonds. The minimum Gasteiger partial charge on any atom is -0.313 e. The zero-order chi connectivity index (χ0) is 12.4. The fraction of sp³-hybridized carbons (Fsp3) is 0.214. The SMILES string of the molecule is CNC(Cc1ccsc1)c1cnc2ccsc2c1. The molecule has 0 aliphatic heterocycles. The van der Waals surface area contributed by atoms with Crippen molar-refractivity contribution in [2.75, 3.05) is 7.05 Å². The van der Waals surface area contributed by atoms with Crippen molar-refractivity contribution in [3.05, 3.63) is 51.7 Å². The zero-order valence-corrected chi connectivity index (χ0v) is 11.7. The first kappa shape index (κ1) is 11.8. The number of nitrogens with one attached hydrogen (secondary N) is 1. The Kier molecular flexibility index (Phi) is 3.41. The molecule has 0 aromatic carbocycles. The number of aromatic nitrogens is 1. The van der Waals surface area contributed by atoms with Crippen molar-refractivity contribution in [3.8, 4) is 0 Å². The summed E-state index contributed by atoms with van der Waals surface area (Å²) in [6.07, 6.45) is 3.00. The van der Waals surface area contributed by atoms with E-state index in [1.54, 1.807) is 22.7 Å². The van der Waals surface area contributed by atoms with Crippen LogP contribution < -0.4 is 5.32 Å². The second kappa shape index (κ2) is 5.18. The molecule has 1 unspecified atom stereocenters. The molecular formula is C14H14N2S2. The standard InChI is InChI=1S/C14H14N2S2/c1-15-13(6-10-2-4-17-9-10)11-7-14-12(16-8-11)3-5-18-14/h2-5,7-9,13,15H,6H2,1H3. The molecule has 0 bridgehead atoms. The Balaban J connectivity index is 1.90. The molecule has 0 radical (unpaired) electrons. The van der Waals surface area contributed by atoms with E-state index < -0.39 is 0 Å². The Morgan fingerprint density at radius 1 is 1.33 bits per heavy atom. The van der Waals surface area contributed by atoms with Crippen LogP contribution in [0.15, 0.2) is 40.5 Å². The van der Waals surface area contributed by atoms with Gasteiger partial charge in [-0.3, -0.25) is 4.98 Å². The van der Waals surface area contributed by atoms with Crippen LogP contribution in [0.5, 0.6) is 0 Å². The summed E-state index contributed by atoms with van der Waals surface area (Å²) >= 11 is 3.50. The van der Waals surface area contributed by atoms with Gasteiger partial charge in [-0.2, -0.15) is 11.3 Å². The average molecular weight is 274 g/mol. The van der Waals surface area contributed by atoms with E-state index in [2.05, 4.69) is 44.6 Å². The van der Waals surface area contributed by atoms with Gasteiger partial charge >= 0.3 is 0 Å². The Labute approximate surface area is 114 Å². The first-order valence-corrected chi connectivity index (χ1v) is 7.70. The number of pyridine rings is 1. The van der Waals surface area contributed by atoms with E-state index in [0.29, 0.717) is 6.04 Å². The largest absolute Gasteiger partial charge is 0.313 e. The van der Waals surface area contributed by atoms with E-state index in [0.717, 1.165) is 11.9 Å². The summed E-state index contributed by atoms with van der Waals surface area (Å²) in [4.78, 5) is 4.51. The molecule has 3 aromatic rings. The number of nitrogens with zero attached hydrogens (tertiary/aromatic N) is 1. The van der Waals surface area contributed by atoms with E-state index in [4.69, 9.17) is 0 Å². The molecule has 1 N–H and O–H groups in total. The molecule has 0 spiro atoms. The maximum atomic E-state index is 4.51. The molecule has 18 heavy (non-hydrogen) atoms. The maximum Gasteiger partial charge on any atom is 0.0809 e. The highest BCUT2D eigenvalue weighted by Crippen LogP contribution is 2.25. The van der Waals surface area contributed by atoms with Gasteiger partial charge in [-0.1, -0.05) is 0 Å². The Hall–Kier alpha value is -1.23. The Bertz CT molecular complexity index is 628. The summed E-state index contributed by atoms with van der Waals surface area (Å²) in [7, 11) is 2.01. The van der Waals surface area contributed by atoms with Gasteiger partial charge in [0.25, 0.3) is 0 Å². The molecular weight excluding hydrogens is 260 g/mol. The first-order chi connectivity index (χ1) is 8.86. The predicted molar refractivity (Wildman–Crippen MR) is 79.4 cm³/mol. The molecule has 3 rings (SSSR count). The Morgan fingerprint density at radius 2 is 2.28 bits per heavy atom. The lowest BCUT2D eigenvalue weighted by atomic mass is 10.0. The van der Waals surface area contributed by atoms with Crippen LogP contribution in [0, 0.1) is 0 Å². The van der Waals surface area contributed by atoms with Gasteiger partial charge in [0, 0.05) is 12.2 Å². The number of rotatable bonds is 4. The lowest BCUT2D eigenvalue weighted by Crippen LogP contribution is -2.18. The summed E-state index contributed by atoms with van der Waals surface area (Å²) in [6, 6.07) is 6.84. The van der Waals surface area contributed by atoms with Gasteiger partial charge in [0.2, 0.25) is 0 Å². The van der Waals surface area contributed by atoms with Gasteiger partial charge in [0.05, 0.1) is 10.2 Å². The van der Waals surface area contributed by atoms with E-state index in [1.807, 2.05) is 13.2 Å². The van der Waals surface area contributed by atoms with Crippen LogP contribution in [0.2, 0.25) is 0 Å². The molecule has 0 aliphatic carbocycles. The van der Waals surface area contributed by atoms with Gasteiger partial charge in [-0.15, -0.1) is 11.3 Å². The Morgan fingerprint density at radius 3 is 3.06 bits per heavy atom. The number of hydrogen-bond donors (Lipinski definition) is 1. The molecule has 0 aliphatic rings. The molecule has 3 aromatic heterocycles. The summed E-state index contributed by atoms with van der Waals surface area (Å²) < 4.78 is 1.26. The minimum atomic E-state index is 0.332. The van der Waals surface area contributed by atoms with Gasteiger partial charge in [-0.05, 0) is 58.9 Å². The van der Waals surface area contributed by atoms with Crippen LogP contribution in [-0.2, 0) is 6.42 Å². The lowest BCUT2D eigenvalue weighted by molar-refractivity contribution is 0.592. The minimum absolute atomic E-state index is 0.332. The molecule has 4 heteroatoms. The topological polar surface area (TPSA) is 24.9 Å². The summed E-state index contributed by atoms with van der Waals surface area (Å²) in [5.74, 6) is 0. The van der Waals surface area contributed by atoms with Gasteiger partial charge in [0.1, 0.15) is 0 Å². The van der Waals surface area contributed by atoms with Crippen molar-refractivity contribution < 1.29 is 0 Å². The predicted octanol–water partition coefficient (Wildman–Crippen LogP) is 3.86. The van der Waals surface area contributed by atoms with Crippen LogP contribution in [0.25, 0.3) is 10.2 Å². The van der Waals surface area contributed by atoms with Crippen molar-refractivity contribution in [1.29, 1.82) is 0 Å². The third-order valence-electron chi connectivity index (χ3n) is 3.09. The normalized spacial score (nSPS) is 12.9. The molecule has 1 atom stereocenters. The highest BCUT2D eigenvalue weighted by molar-refractivity contribution is 7.17. The van der Waals surface area contributed by atoms with E-state index in [9.17, 15) is 0 Å². The number of thiophene rings is 2. The molecule has 3 heterocycles. The lowest BCUT2D eigenvalue weighted by Gasteiger charge is -2.15. The second-order valence-electron chi connectivity index (χ2n) is 4.25. The molecule has 2 nitrogen and oxygen atoms in total. The van der Waals surface area contributed by atoms with Crippen molar-refractivity contribution in [3.63, 3.8) is 0 Å². The van der Waals surface area contributed by atoms with Crippen LogP contribution in [-0.4, -0.2) is 12.0 Å². The van der Waals surface area contributed by atoms with Crippen molar-refractivity contribution in [2.45, 2.75) is 12.5 Å². The fourth-order valence-electron chi connectivity index (χ4n) is 2.08. The van der Waals surface area contributed by atoms with Crippen molar-refractivity contribution >= 4 is 32.9 Å². The van der Waals surface area contributed by atoms with Crippen molar-refractivity contribution in [1.82, 2.24) is 10.3 Å². The first-order valence-electron chi connectivity index (χ1n) is 5.88. The number of hydrogen-bond acceptors (Lipinski definition) is 4. The van der Waals surface area contributed by atoms with Crippen LogP contribution in [0.3, 0.4) is 0 Å². The third-order valence-corrected chi connectivity index (χ3v) is 4.68. The van der Waals surface area contributed by atoms with E-state index in [1.165, 1.54) is 15.8 Å². The number of likely N-dealkylation sites (N-methyl/N-ethyl adjacent to an activating group) is 1. The smallest absolute Gasteiger partial charge is 0.0809 e. The third kappa shape index (κ3) is 2.32. The average Bonchev–Trinajstić information content (AvgIpc) is 3.06. The summed E-state index contributed by atoms with van der Waals surface area (Å²) in [5, 5.41) is 9.81. The van der Waals surface area contributed by atoms with Crippen LogP contribution >= 0.6 is 22.7 Å². The van der Waals surface area contributed by atoms with Gasteiger partial charge < -0.3 is 5.32 Å².